The zero-order valence-electron chi connectivity index (χ0n) is 10.2. The lowest BCUT2D eigenvalue weighted by Gasteiger charge is -2.16. The molecule has 0 saturated carbocycles. The van der Waals surface area contributed by atoms with E-state index in [2.05, 4.69) is 14.8 Å². The summed E-state index contributed by atoms with van der Waals surface area (Å²) in [5.41, 5.74) is 0.590. The van der Waals surface area contributed by atoms with Crippen LogP contribution < -0.4 is 5.32 Å². The number of hydrogen-bond acceptors (Lipinski definition) is 6. The fraction of sp³-hybridized carbons (Fsp3) is 0.333. The van der Waals surface area contributed by atoms with Crippen LogP contribution >= 0.6 is 0 Å². The Morgan fingerprint density at radius 1 is 1.22 bits per heavy atom. The minimum absolute atomic E-state index is 0.114. The Hall–Kier alpha value is -2.24. The first-order chi connectivity index (χ1) is 8.56. The van der Waals surface area contributed by atoms with Crippen molar-refractivity contribution in [2.45, 2.75) is 12.5 Å². The van der Waals surface area contributed by atoms with Crippen molar-refractivity contribution >= 4 is 17.6 Å². The molecule has 0 aliphatic heterocycles. The van der Waals surface area contributed by atoms with Crippen molar-refractivity contribution in [1.82, 2.24) is 0 Å². The maximum absolute atomic E-state index is 11.5. The van der Waals surface area contributed by atoms with Gasteiger partial charge in [-0.1, -0.05) is 0 Å². The Bertz CT molecular complexity index is 415. The van der Waals surface area contributed by atoms with E-state index in [0.29, 0.717) is 5.69 Å². The van der Waals surface area contributed by atoms with Crippen molar-refractivity contribution in [2.24, 2.45) is 0 Å². The number of esters is 2. The minimum Gasteiger partial charge on any atom is -0.508 e. The van der Waals surface area contributed by atoms with Crippen LogP contribution in [0.2, 0.25) is 0 Å². The van der Waals surface area contributed by atoms with E-state index in [4.69, 9.17) is 5.11 Å². The summed E-state index contributed by atoms with van der Waals surface area (Å²) in [4.78, 5) is 22.7. The number of methoxy groups -OCH3 is 2. The highest BCUT2D eigenvalue weighted by Gasteiger charge is 2.22. The summed E-state index contributed by atoms with van der Waals surface area (Å²) in [5, 5.41) is 12.0. The topological polar surface area (TPSA) is 84.9 Å². The Morgan fingerprint density at radius 2 is 1.83 bits per heavy atom. The first kappa shape index (κ1) is 13.8. The second-order valence-electron chi connectivity index (χ2n) is 3.55. The molecule has 0 spiro atoms. The molecule has 1 rings (SSSR count). The number of ether oxygens (including phenoxy) is 2. The summed E-state index contributed by atoms with van der Waals surface area (Å²) >= 11 is 0. The van der Waals surface area contributed by atoms with Crippen LogP contribution in [-0.4, -0.2) is 37.3 Å². The van der Waals surface area contributed by atoms with E-state index in [1.807, 2.05) is 0 Å². The van der Waals surface area contributed by atoms with Crippen molar-refractivity contribution in [3.63, 3.8) is 0 Å². The van der Waals surface area contributed by atoms with Crippen LogP contribution in [0.1, 0.15) is 6.42 Å². The molecule has 0 unspecified atom stereocenters. The van der Waals surface area contributed by atoms with Gasteiger partial charge in [0.25, 0.3) is 0 Å². The third-order valence-electron chi connectivity index (χ3n) is 2.29. The number of phenolic OH excluding ortho intramolecular Hbond substituents is 1. The minimum atomic E-state index is -0.827. The molecule has 2 N–H and O–H groups in total. The predicted molar refractivity (Wildman–Crippen MR) is 64.2 cm³/mol. The molecule has 0 bridgehead atoms. The average Bonchev–Trinajstić information content (AvgIpc) is 2.39. The SMILES string of the molecule is COC(=O)C[C@H](Nc1ccc(O)cc1)C(=O)OC. The maximum Gasteiger partial charge on any atom is 0.328 e. The molecule has 18 heavy (non-hydrogen) atoms. The van der Waals surface area contributed by atoms with Crippen LogP contribution in [0.3, 0.4) is 0 Å². The number of benzene rings is 1. The number of rotatable bonds is 5. The molecular weight excluding hydrogens is 238 g/mol. The van der Waals surface area contributed by atoms with Gasteiger partial charge < -0.3 is 19.9 Å². The highest BCUT2D eigenvalue weighted by Crippen LogP contribution is 2.16. The second-order valence-corrected chi connectivity index (χ2v) is 3.55. The van der Waals surface area contributed by atoms with Crippen LogP contribution in [0.15, 0.2) is 24.3 Å². The zero-order chi connectivity index (χ0) is 13.5. The van der Waals surface area contributed by atoms with Gasteiger partial charge >= 0.3 is 11.9 Å². The monoisotopic (exact) mass is 253 g/mol. The quantitative estimate of drug-likeness (QED) is 0.599. The van der Waals surface area contributed by atoms with E-state index in [1.54, 1.807) is 12.1 Å². The molecule has 6 nitrogen and oxygen atoms in total. The fourth-order valence-corrected chi connectivity index (χ4v) is 1.34. The number of anilines is 1. The smallest absolute Gasteiger partial charge is 0.328 e. The molecule has 0 fully saturated rings. The molecule has 6 heteroatoms. The molecule has 0 amide bonds. The first-order valence-electron chi connectivity index (χ1n) is 5.27. The Balaban J connectivity index is 2.74. The number of hydrogen-bond donors (Lipinski definition) is 2. The third kappa shape index (κ3) is 3.97. The molecule has 0 aromatic heterocycles. The summed E-state index contributed by atoms with van der Waals surface area (Å²) in [7, 11) is 2.49. The standard InChI is InChI=1S/C12H15NO5/c1-17-11(15)7-10(12(16)18-2)13-8-3-5-9(14)6-4-8/h3-6,10,13-14H,7H2,1-2H3/t10-/m0/s1. The van der Waals surface area contributed by atoms with Gasteiger partial charge in [0.2, 0.25) is 0 Å². The highest BCUT2D eigenvalue weighted by molar-refractivity contribution is 5.85. The van der Waals surface area contributed by atoms with Gasteiger partial charge in [-0.15, -0.1) is 0 Å². The lowest BCUT2D eigenvalue weighted by Crippen LogP contribution is -2.33. The van der Waals surface area contributed by atoms with E-state index in [-0.39, 0.29) is 12.2 Å². The number of carbonyl (C=O) groups is 2. The van der Waals surface area contributed by atoms with Crippen molar-refractivity contribution < 1.29 is 24.2 Å². The van der Waals surface area contributed by atoms with Crippen molar-refractivity contribution in [3.05, 3.63) is 24.3 Å². The van der Waals surface area contributed by atoms with Gasteiger partial charge in [0.1, 0.15) is 11.8 Å². The summed E-state index contributed by atoms with van der Waals surface area (Å²) in [6.45, 7) is 0. The van der Waals surface area contributed by atoms with Crippen LogP contribution in [-0.2, 0) is 19.1 Å². The van der Waals surface area contributed by atoms with E-state index < -0.39 is 18.0 Å². The van der Waals surface area contributed by atoms with E-state index >= 15 is 0 Å². The van der Waals surface area contributed by atoms with E-state index in [9.17, 15) is 9.59 Å². The molecule has 1 aromatic rings. The van der Waals surface area contributed by atoms with Crippen molar-refractivity contribution in [3.8, 4) is 5.75 Å². The van der Waals surface area contributed by atoms with Gasteiger partial charge in [-0.2, -0.15) is 0 Å². The lowest BCUT2D eigenvalue weighted by atomic mass is 10.2. The zero-order valence-corrected chi connectivity index (χ0v) is 10.2. The third-order valence-corrected chi connectivity index (χ3v) is 2.29. The summed E-state index contributed by atoms with van der Waals surface area (Å²) < 4.78 is 9.10. The Morgan fingerprint density at radius 3 is 2.33 bits per heavy atom. The van der Waals surface area contributed by atoms with Gasteiger partial charge in [-0.3, -0.25) is 4.79 Å². The number of aromatic hydroxyl groups is 1. The van der Waals surface area contributed by atoms with Crippen LogP contribution in [0, 0.1) is 0 Å². The van der Waals surface area contributed by atoms with Gasteiger partial charge in [-0.25, -0.2) is 4.79 Å². The largest absolute Gasteiger partial charge is 0.508 e. The van der Waals surface area contributed by atoms with Gasteiger partial charge in [-0.05, 0) is 24.3 Å². The maximum atomic E-state index is 11.5. The summed E-state index contributed by atoms with van der Waals surface area (Å²) in [5.74, 6) is -0.965. The van der Waals surface area contributed by atoms with Crippen molar-refractivity contribution in [1.29, 1.82) is 0 Å². The first-order valence-corrected chi connectivity index (χ1v) is 5.27. The van der Waals surface area contributed by atoms with E-state index in [0.717, 1.165) is 0 Å². The highest BCUT2D eigenvalue weighted by atomic mass is 16.5. The van der Waals surface area contributed by atoms with E-state index in [1.165, 1.54) is 26.4 Å². The van der Waals surface area contributed by atoms with Gasteiger partial charge in [0.05, 0.1) is 20.6 Å². The molecule has 0 heterocycles. The second kappa shape index (κ2) is 6.48. The fourth-order valence-electron chi connectivity index (χ4n) is 1.34. The van der Waals surface area contributed by atoms with Gasteiger partial charge in [0.15, 0.2) is 0 Å². The number of phenols is 1. The average molecular weight is 253 g/mol. The number of nitrogens with one attached hydrogen (secondary N) is 1. The van der Waals surface area contributed by atoms with Crippen LogP contribution in [0.25, 0.3) is 0 Å². The molecule has 1 atom stereocenters. The molecule has 1 aromatic carbocycles. The van der Waals surface area contributed by atoms with Gasteiger partial charge in [0, 0.05) is 5.69 Å². The molecular formula is C12H15NO5. The Labute approximate surface area is 105 Å². The number of carbonyl (C=O) groups excluding carboxylic acids is 2. The molecule has 0 saturated heterocycles. The molecule has 0 radical (unpaired) electrons. The Kier molecular flexibility index (Phi) is 4.98. The summed E-state index contributed by atoms with van der Waals surface area (Å²) in [6.07, 6.45) is -0.135. The van der Waals surface area contributed by atoms with Crippen molar-refractivity contribution in [2.75, 3.05) is 19.5 Å². The molecule has 0 aliphatic rings. The normalized spacial score (nSPS) is 11.4. The van der Waals surface area contributed by atoms with Crippen LogP contribution in [0.4, 0.5) is 5.69 Å². The molecule has 98 valence electrons. The lowest BCUT2D eigenvalue weighted by molar-refractivity contribution is -0.148. The predicted octanol–water partition coefficient (Wildman–Crippen LogP) is 0.909. The van der Waals surface area contributed by atoms with Crippen LogP contribution in [0.5, 0.6) is 5.75 Å². The molecule has 0 aliphatic carbocycles. The summed E-state index contributed by atoms with van der Waals surface area (Å²) in [6, 6.07) is 5.28.